The lowest BCUT2D eigenvalue weighted by Gasteiger charge is -2.13. The lowest BCUT2D eigenvalue weighted by atomic mass is 10.0. The Morgan fingerprint density at radius 2 is 1.53 bits per heavy atom. The fourth-order valence-electron chi connectivity index (χ4n) is 1.61. The second-order valence-electron chi connectivity index (χ2n) is 3.82. The molecule has 0 spiro atoms. The largest absolute Gasteiger partial charge is 0.207 e. The summed E-state index contributed by atoms with van der Waals surface area (Å²) in [5.74, 6) is -3.33. The van der Waals surface area contributed by atoms with E-state index in [0.29, 0.717) is 16.7 Å². The number of benzene rings is 2. The Kier molecular flexibility index (Phi) is 4.43. The van der Waals surface area contributed by atoms with Gasteiger partial charge in [-0.05, 0) is 23.8 Å². The van der Waals surface area contributed by atoms with Crippen molar-refractivity contribution in [2.45, 2.75) is 5.38 Å². The molecule has 0 amide bonds. The monoisotopic (exact) mass is 368 g/mol. The second kappa shape index (κ2) is 5.73. The van der Waals surface area contributed by atoms with Crippen molar-refractivity contribution in [2.75, 3.05) is 0 Å². The molecule has 0 heterocycles. The van der Waals surface area contributed by atoms with Gasteiger partial charge in [-0.1, -0.05) is 33.6 Å². The van der Waals surface area contributed by atoms with Gasteiger partial charge in [0.05, 0.1) is 5.38 Å². The van der Waals surface area contributed by atoms with Gasteiger partial charge >= 0.3 is 0 Å². The average Bonchev–Trinajstić information content (AvgIpc) is 2.33. The summed E-state index contributed by atoms with van der Waals surface area (Å²) in [6, 6.07) is 6.05. The number of alkyl halides is 1. The quantitative estimate of drug-likeness (QED) is 0.460. The van der Waals surface area contributed by atoms with Gasteiger partial charge in [-0.3, -0.25) is 0 Å². The van der Waals surface area contributed by atoms with Crippen LogP contribution in [-0.4, -0.2) is 0 Å². The van der Waals surface area contributed by atoms with E-state index in [9.17, 15) is 13.2 Å². The van der Waals surface area contributed by atoms with Gasteiger partial charge in [0.15, 0.2) is 11.6 Å². The average molecular weight is 370 g/mol. The van der Waals surface area contributed by atoms with Crippen LogP contribution in [-0.2, 0) is 0 Å². The first-order valence-corrected chi connectivity index (χ1v) is 6.74. The van der Waals surface area contributed by atoms with Crippen molar-refractivity contribution in [3.8, 4) is 0 Å². The fourth-order valence-corrected chi connectivity index (χ4v) is 2.80. The van der Waals surface area contributed by atoms with Crippen molar-refractivity contribution in [1.29, 1.82) is 0 Å². The van der Waals surface area contributed by atoms with E-state index in [4.69, 9.17) is 23.2 Å². The third kappa shape index (κ3) is 3.07. The van der Waals surface area contributed by atoms with Gasteiger partial charge < -0.3 is 0 Å². The van der Waals surface area contributed by atoms with Crippen LogP contribution in [0.25, 0.3) is 0 Å². The van der Waals surface area contributed by atoms with E-state index in [2.05, 4.69) is 15.9 Å². The molecule has 0 fully saturated rings. The summed E-state index contributed by atoms with van der Waals surface area (Å²) in [4.78, 5) is 0. The van der Waals surface area contributed by atoms with Gasteiger partial charge in [0, 0.05) is 21.1 Å². The van der Waals surface area contributed by atoms with Gasteiger partial charge in [-0.2, -0.15) is 0 Å². The van der Waals surface area contributed by atoms with Crippen LogP contribution in [0.2, 0.25) is 5.02 Å². The van der Waals surface area contributed by atoms with Crippen LogP contribution >= 0.6 is 39.1 Å². The molecule has 2 aromatic rings. The zero-order chi connectivity index (χ0) is 14.2. The zero-order valence-electron chi connectivity index (χ0n) is 9.23. The topological polar surface area (TPSA) is 0 Å². The van der Waals surface area contributed by atoms with E-state index < -0.39 is 22.8 Å². The van der Waals surface area contributed by atoms with Crippen LogP contribution in [0.15, 0.2) is 34.8 Å². The maximum absolute atomic E-state index is 13.6. The highest BCUT2D eigenvalue weighted by Gasteiger charge is 2.20. The van der Waals surface area contributed by atoms with Crippen molar-refractivity contribution in [2.24, 2.45) is 0 Å². The smallest absolute Gasteiger partial charge is 0.161 e. The maximum atomic E-state index is 13.6. The molecular formula is C13H6BrCl2F3. The lowest BCUT2D eigenvalue weighted by molar-refractivity contribution is 0.490. The molecule has 0 saturated heterocycles. The van der Waals surface area contributed by atoms with E-state index in [1.165, 1.54) is 0 Å². The van der Waals surface area contributed by atoms with E-state index in [0.717, 1.165) is 10.5 Å². The lowest BCUT2D eigenvalue weighted by Crippen LogP contribution is -2.01. The molecule has 0 aliphatic heterocycles. The Balaban J connectivity index is 2.49. The normalized spacial score (nSPS) is 12.5. The molecule has 0 aliphatic carbocycles. The molecule has 0 bridgehead atoms. The third-order valence-electron chi connectivity index (χ3n) is 2.55. The Hall–Kier alpha value is -0.710. The molecule has 1 unspecified atom stereocenters. The number of hydrogen-bond acceptors (Lipinski definition) is 0. The van der Waals surface area contributed by atoms with Crippen molar-refractivity contribution in [3.05, 3.63) is 68.4 Å². The minimum atomic E-state index is -1.26. The Morgan fingerprint density at radius 1 is 0.895 bits per heavy atom. The third-order valence-corrected chi connectivity index (χ3v) is 3.84. The molecule has 2 rings (SSSR count). The highest BCUT2D eigenvalue weighted by molar-refractivity contribution is 9.10. The molecule has 0 N–H and O–H groups in total. The Labute approximate surface area is 126 Å². The second-order valence-corrected chi connectivity index (χ2v) is 5.58. The first-order chi connectivity index (χ1) is 8.90. The molecule has 100 valence electrons. The van der Waals surface area contributed by atoms with Crippen LogP contribution in [0.4, 0.5) is 13.2 Å². The van der Waals surface area contributed by atoms with Crippen LogP contribution in [0.5, 0.6) is 0 Å². The maximum Gasteiger partial charge on any atom is 0.161 e. The highest BCUT2D eigenvalue weighted by atomic mass is 79.9. The van der Waals surface area contributed by atoms with Crippen LogP contribution in [0.1, 0.15) is 16.5 Å². The van der Waals surface area contributed by atoms with Gasteiger partial charge in [0.25, 0.3) is 0 Å². The van der Waals surface area contributed by atoms with Crippen molar-refractivity contribution < 1.29 is 13.2 Å². The van der Waals surface area contributed by atoms with E-state index in [1.54, 1.807) is 18.2 Å². The first-order valence-electron chi connectivity index (χ1n) is 5.13. The molecule has 19 heavy (non-hydrogen) atoms. The summed E-state index contributed by atoms with van der Waals surface area (Å²) in [7, 11) is 0. The van der Waals surface area contributed by atoms with Gasteiger partial charge in [-0.15, -0.1) is 11.6 Å². The summed E-state index contributed by atoms with van der Waals surface area (Å²) >= 11 is 15.3. The number of rotatable bonds is 2. The first kappa shape index (κ1) is 14.7. The fraction of sp³-hybridized carbons (Fsp3) is 0.0769. The highest BCUT2D eigenvalue weighted by Crippen LogP contribution is 2.36. The van der Waals surface area contributed by atoms with E-state index in [1.807, 2.05) is 0 Å². The number of hydrogen-bond donors (Lipinski definition) is 0. The van der Waals surface area contributed by atoms with Gasteiger partial charge in [-0.25, -0.2) is 13.2 Å². The van der Waals surface area contributed by atoms with Crippen molar-refractivity contribution in [1.82, 2.24) is 0 Å². The molecule has 2 aromatic carbocycles. The van der Waals surface area contributed by atoms with Gasteiger partial charge in [0.2, 0.25) is 0 Å². The standard InChI is InChI=1S/C13H6BrCl2F3/c14-6-1-2-7(9(15)3-6)13(16)8-4-11(18)12(19)5-10(8)17/h1-5,13H. The summed E-state index contributed by atoms with van der Waals surface area (Å²) in [5.41, 5.74) is 0.251. The summed E-state index contributed by atoms with van der Waals surface area (Å²) in [6.45, 7) is 0. The molecule has 6 heteroatoms. The summed E-state index contributed by atoms with van der Waals surface area (Å²) in [5, 5.41) is -0.700. The Bertz CT molecular complexity index is 632. The van der Waals surface area contributed by atoms with Gasteiger partial charge in [0.1, 0.15) is 5.82 Å². The van der Waals surface area contributed by atoms with Crippen LogP contribution in [0, 0.1) is 17.5 Å². The molecule has 1 atom stereocenters. The summed E-state index contributed by atoms with van der Waals surface area (Å²) < 4.78 is 40.4. The SMILES string of the molecule is Fc1cc(F)c(C(Cl)c2ccc(Br)cc2Cl)cc1F. The molecule has 0 saturated carbocycles. The Morgan fingerprint density at radius 3 is 2.16 bits per heavy atom. The van der Waals surface area contributed by atoms with Crippen molar-refractivity contribution in [3.63, 3.8) is 0 Å². The van der Waals surface area contributed by atoms with Crippen molar-refractivity contribution >= 4 is 39.1 Å². The molecule has 0 radical (unpaired) electrons. The molecule has 0 aliphatic rings. The minimum absolute atomic E-state index is 0.162. The number of halogens is 6. The van der Waals surface area contributed by atoms with Crippen LogP contribution < -0.4 is 0 Å². The van der Waals surface area contributed by atoms with Crippen LogP contribution in [0.3, 0.4) is 0 Å². The predicted molar refractivity (Wildman–Crippen MR) is 73.2 cm³/mol. The molecule has 0 nitrogen and oxygen atoms in total. The van der Waals surface area contributed by atoms with E-state index in [-0.39, 0.29) is 5.56 Å². The predicted octanol–water partition coefficient (Wildman–Crippen LogP) is 5.85. The molecular weight excluding hydrogens is 364 g/mol. The molecule has 0 aromatic heterocycles. The summed E-state index contributed by atoms with van der Waals surface area (Å²) in [6.07, 6.45) is 0. The van der Waals surface area contributed by atoms with E-state index >= 15 is 0 Å². The zero-order valence-corrected chi connectivity index (χ0v) is 12.3. The minimum Gasteiger partial charge on any atom is -0.207 e.